The van der Waals surface area contributed by atoms with Crippen molar-refractivity contribution in [3.63, 3.8) is 0 Å². The number of nitrogens with zero attached hydrogens (tertiary/aromatic N) is 1. The van der Waals surface area contributed by atoms with Crippen LogP contribution in [0.1, 0.15) is 37.4 Å². The van der Waals surface area contributed by atoms with Gasteiger partial charge in [-0.2, -0.15) is 0 Å². The van der Waals surface area contributed by atoms with Crippen LogP contribution in [0.4, 0.5) is 5.69 Å². The summed E-state index contributed by atoms with van der Waals surface area (Å²) in [6.07, 6.45) is 1.07. The van der Waals surface area contributed by atoms with Gasteiger partial charge in [0.2, 0.25) is 0 Å². The maximum absolute atomic E-state index is 6.24. The Kier molecular flexibility index (Phi) is 3.40. The Bertz CT molecular complexity index is 400. The largest absolute Gasteiger partial charge is 0.399 e. The lowest BCUT2D eigenvalue weighted by Crippen LogP contribution is -2.35. The molecule has 1 heterocycles. The number of rotatable bonds is 2. The fourth-order valence-electron chi connectivity index (χ4n) is 2.70. The van der Waals surface area contributed by atoms with Gasteiger partial charge < -0.3 is 11.5 Å². The molecule has 0 bridgehead atoms. The first-order valence-electron chi connectivity index (χ1n) is 6.38. The normalized spacial score (nSPS) is 25.7. The summed E-state index contributed by atoms with van der Waals surface area (Å²) in [5.41, 5.74) is 15.5. The summed E-state index contributed by atoms with van der Waals surface area (Å²) in [7, 11) is 0. The summed E-state index contributed by atoms with van der Waals surface area (Å²) in [5.74, 6) is 0. The molecule has 3 heteroatoms. The molecular weight excluding hydrogens is 210 g/mol. The summed E-state index contributed by atoms with van der Waals surface area (Å²) < 4.78 is 0. The van der Waals surface area contributed by atoms with Crippen molar-refractivity contribution in [2.24, 2.45) is 5.73 Å². The third-order valence-corrected chi connectivity index (χ3v) is 3.79. The molecule has 0 radical (unpaired) electrons. The van der Waals surface area contributed by atoms with Crippen molar-refractivity contribution >= 4 is 5.69 Å². The molecule has 1 aromatic carbocycles. The first kappa shape index (κ1) is 12.4. The van der Waals surface area contributed by atoms with E-state index in [1.807, 2.05) is 6.92 Å². The van der Waals surface area contributed by atoms with Gasteiger partial charge in [-0.25, -0.2) is 0 Å². The van der Waals surface area contributed by atoms with Crippen LogP contribution in [-0.4, -0.2) is 23.5 Å². The van der Waals surface area contributed by atoms with Crippen LogP contribution >= 0.6 is 0 Å². The number of hydrogen-bond donors (Lipinski definition) is 2. The van der Waals surface area contributed by atoms with E-state index in [9.17, 15) is 0 Å². The third kappa shape index (κ3) is 2.31. The van der Waals surface area contributed by atoms with Gasteiger partial charge in [0, 0.05) is 24.3 Å². The Balaban J connectivity index is 2.33. The molecule has 4 N–H and O–H groups in total. The summed E-state index contributed by atoms with van der Waals surface area (Å²) in [6.45, 7) is 7.57. The highest BCUT2D eigenvalue weighted by molar-refractivity contribution is 5.49. The van der Waals surface area contributed by atoms with Crippen molar-refractivity contribution in [2.45, 2.75) is 45.3 Å². The first-order valence-corrected chi connectivity index (χ1v) is 6.38. The van der Waals surface area contributed by atoms with Crippen molar-refractivity contribution in [3.05, 3.63) is 29.3 Å². The van der Waals surface area contributed by atoms with Crippen LogP contribution in [0.15, 0.2) is 18.2 Å². The topological polar surface area (TPSA) is 55.3 Å². The van der Waals surface area contributed by atoms with E-state index < -0.39 is 0 Å². The van der Waals surface area contributed by atoms with Crippen LogP contribution in [0.5, 0.6) is 0 Å². The van der Waals surface area contributed by atoms with Gasteiger partial charge in [0.25, 0.3) is 0 Å². The van der Waals surface area contributed by atoms with E-state index in [2.05, 4.69) is 36.9 Å². The Morgan fingerprint density at radius 2 is 2.06 bits per heavy atom. The molecule has 0 aliphatic carbocycles. The molecule has 94 valence electrons. The molecule has 3 nitrogen and oxygen atoms in total. The fourth-order valence-corrected chi connectivity index (χ4v) is 2.70. The lowest BCUT2D eigenvalue weighted by Gasteiger charge is -2.30. The smallest absolute Gasteiger partial charge is 0.0503 e. The molecule has 0 saturated carbocycles. The van der Waals surface area contributed by atoms with Gasteiger partial charge in [0.15, 0.2) is 0 Å². The Labute approximate surface area is 104 Å². The van der Waals surface area contributed by atoms with E-state index >= 15 is 0 Å². The molecule has 1 aliphatic rings. The van der Waals surface area contributed by atoms with Gasteiger partial charge >= 0.3 is 0 Å². The summed E-state index contributed by atoms with van der Waals surface area (Å²) in [6, 6.07) is 7.40. The highest BCUT2D eigenvalue weighted by atomic mass is 15.2. The van der Waals surface area contributed by atoms with E-state index in [0.717, 1.165) is 24.2 Å². The highest BCUT2D eigenvalue weighted by Gasteiger charge is 2.34. The number of aryl methyl sites for hydroxylation is 1. The van der Waals surface area contributed by atoms with Crippen molar-refractivity contribution in [1.29, 1.82) is 0 Å². The molecule has 1 fully saturated rings. The van der Waals surface area contributed by atoms with Crippen LogP contribution < -0.4 is 11.5 Å². The molecule has 2 atom stereocenters. The predicted octanol–water partition coefficient (Wildman–Crippen LogP) is 2.06. The minimum Gasteiger partial charge on any atom is -0.399 e. The number of benzene rings is 1. The molecule has 1 saturated heterocycles. The second-order valence-electron chi connectivity index (χ2n) is 5.34. The number of nitrogens with two attached hydrogens (primary N) is 2. The van der Waals surface area contributed by atoms with E-state index in [-0.39, 0.29) is 6.04 Å². The third-order valence-electron chi connectivity index (χ3n) is 3.79. The van der Waals surface area contributed by atoms with Gasteiger partial charge in [-0.15, -0.1) is 0 Å². The molecule has 0 amide bonds. The zero-order chi connectivity index (χ0) is 12.6. The van der Waals surface area contributed by atoms with Crippen LogP contribution in [0, 0.1) is 6.92 Å². The molecule has 2 unspecified atom stereocenters. The second kappa shape index (κ2) is 4.67. The van der Waals surface area contributed by atoms with Crippen LogP contribution in [0.2, 0.25) is 0 Å². The van der Waals surface area contributed by atoms with Gasteiger partial charge in [-0.05, 0) is 44.4 Å². The molecule has 0 aromatic heterocycles. The average molecular weight is 233 g/mol. The highest BCUT2D eigenvalue weighted by Crippen LogP contribution is 2.33. The standard InChI is InChI=1S/C14H23N3/c1-9(2)17-7-6-12(15)14(17)11-5-4-10(3)13(16)8-11/h4-5,8-9,12,14H,6-7,15-16H2,1-3H3. The number of nitrogen functional groups attached to an aromatic ring is 1. The Morgan fingerprint density at radius 1 is 1.35 bits per heavy atom. The molecule has 0 spiro atoms. The molecule has 1 aliphatic heterocycles. The molecular formula is C14H23N3. The summed E-state index contributed by atoms with van der Waals surface area (Å²) in [5, 5.41) is 0. The lowest BCUT2D eigenvalue weighted by molar-refractivity contribution is 0.198. The fraction of sp³-hybridized carbons (Fsp3) is 0.571. The van der Waals surface area contributed by atoms with Gasteiger partial charge in [-0.1, -0.05) is 12.1 Å². The van der Waals surface area contributed by atoms with Gasteiger partial charge in [0.1, 0.15) is 0 Å². The molecule has 1 aromatic rings. The van der Waals surface area contributed by atoms with Crippen LogP contribution in [0.25, 0.3) is 0 Å². The Morgan fingerprint density at radius 3 is 2.65 bits per heavy atom. The monoisotopic (exact) mass is 233 g/mol. The van der Waals surface area contributed by atoms with Crippen molar-refractivity contribution < 1.29 is 0 Å². The number of hydrogen-bond acceptors (Lipinski definition) is 3. The van der Waals surface area contributed by atoms with Crippen molar-refractivity contribution in [3.8, 4) is 0 Å². The quantitative estimate of drug-likeness (QED) is 0.769. The van der Waals surface area contributed by atoms with Gasteiger partial charge in [0.05, 0.1) is 6.04 Å². The molecule has 2 rings (SSSR count). The zero-order valence-corrected chi connectivity index (χ0v) is 11.0. The first-order chi connectivity index (χ1) is 8.00. The molecule has 17 heavy (non-hydrogen) atoms. The van der Waals surface area contributed by atoms with Crippen LogP contribution in [-0.2, 0) is 0 Å². The predicted molar refractivity (Wildman–Crippen MR) is 72.8 cm³/mol. The van der Waals surface area contributed by atoms with Gasteiger partial charge in [-0.3, -0.25) is 4.90 Å². The summed E-state index contributed by atoms with van der Waals surface area (Å²) in [4.78, 5) is 2.47. The minimum atomic E-state index is 0.222. The van der Waals surface area contributed by atoms with Crippen molar-refractivity contribution in [1.82, 2.24) is 4.90 Å². The van der Waals surface area contributed by atoms with E-state index in [4.69, 9.17) is 11.5 Å². The maximum atomic E-state index is 6.24. The minimum absolute atomic E-state index is 0.222. The summed E-state index contributed by atoms with van der Waals surface area (Å²) >= 11 is 0. The maximum Gasteiger partial charge on any atom is 0.0503 e. The average Bonchev–Trinajstić information content (AvgIpc) is 2.64. The van der Waals surface area contributed by atoms with Crippen LogP contribution in [0.3, 0.4) is 0 Å². The SMILES string of the molecule is Cc1ccc(C2C(N)CCN2C(C)C)cc1N. The number of likely N-dealkylation sites (tertiary alicyclic amines) is 1. The van der Waals surface area contributed by atoms with E-state index in [0.29, 0.717) is 12.1 Å². The van der Waals surface area contributed by atoms with E-state index in [1.165, 1.54) is 5.56 Å². The van der Waals surface area contributed by atoms with Crippen molar-refractivity contribution in [2.75, 3.05) is 12.3 Å². The zero-order valence-electron chi connectivity index (χ0n) is 11.0. The second-order valence-corrected chi connectivity index (χ2v) is 5.34. The van der Waals surface area contributed by atoms with E-state index in [1.54, 1.807) is 0 Å². The lowest BCUT2D eigenvalue weighted by atomic mass is 9.98. The number of anilines is 1. The Hall–Kier alpha value is -1.06.